The van der Waals surface area contributed by atoms with E-state index < -0.39 is 11.5 Å². The van der Waals surface area contributed by atoms with Crippen LogP contribution in [0, 0.1) is 5.82 Å². The number of aromatic nitrogens is 5. The van der Waals surface area contributed by atoms with E-state index >= 15 is 0 Å². The van der Waals surface area contributed by atoms with Crippen molar-refractivity contribution in [3.05, 3.63) is 69.2 Å². The minimum atomic E-state index is -0.535. The van der Waals surface area contributed by atoms with Crippen LogP contribution in [0.25, 0.3) is 16.7 Å². The van der Waals surface area contributed by atoms with E-state index in [9.17, 15) is 9.18 Å². The van der Waals surface area contributed by atoms with E-state index in [1.165, 1.54) is 27.5 Å². The molecule has 166 valence electrons. The van der Waals surface area contributed by atoms with Crippen molar-refractivity contribution in [3.8, 4) is 0 Å². The number of fused-ring (bicyclic) bond motifs is 3. The molecule has 32 heavy (non-hydrogen) atoms. The minimum Gasteiger partial charge on any atom is -0.373 e. The number of halogens is 2. The molecule has 10 heteroatoms. The van der Waals surface area contributed by atoms with Crippen LogP contribution < -0.4 is 5.69 Å². The smallest absolute Gasteiger partial charge is 0.352 e. The molecule has 0 aliphatic carbocycles. The predicted octanol–water partition coefficient (Wildman–Crippen LogP) is 2.89. The Kier molecular flexibility index (Phi) is 5.40. The number of benzene rings is 1. The first-order valence-corrected chi connectivity index (χ1v) is 10.8. The molecule has 2 unspecified atom stereocenters. The first kappa shape index (κ1) is 21.0. The van der Waals surface area contributed by atoms with Gasteiger partial charge in [-0.15, -0.1) is 0 Å². The van der Waals surface area contributed by atoms with Gasteiger partial charge in [0.2, 0.25) is 0 Å². The molecule has 0 N–H and O–H groups in total. The van der Waals surface area contributed by atoms with Crippen molar-refractivity contribution in [2.45, 2.75) is 39.1 Å². The average molecular weight is 457 g/mol. The van der Waals surface area contributed by atoms with E-state index in [1.54, 1.807) is 12.3 Å². The highest BCUT2D eigenvalue weighted by atomic mass is 35.5. The second kappa shape index (κ2) is 8.23. The maximum Gasteiger partial charge on any atom is 0.352 e. The fourth-order valence-corrected chi connectivity index (χ4v) is 4.49. The van der Waals surface area contributed by atoms with Gasteiger partial charge in [0.05, 0.1) is 29.2 Å². The monoisotopic (exact) mass is 456 g/mol. The SMILES string of the molecule is CC1CN(Cc2cnc3c(c2)c2ncnn2c(=O)n3Cc2ccc(Cl)c(F)c2)CC(C)O1. The first-order chi connectivity index (χ1) is 15.4. The summed E-state index contributed by atoms with van der Waals surface area (Å²) in [5.41, 5.74) is 2.12. The summed E-state index contributed by atoms with van der Waals surface area (Å²) < 4.78 is 22.5. The molecule has 0 bridgehead atoms. The van der Waals surface area contributed by atoms with Gasteiger partial charge >= 0.3 is 5.69 Å². The Hall–Kier alpha value is -2.88. The molecule has 1 aliphatic heterocycles. The number of ether oxygens (including phenoxy) is 1. The molecule has 2 atom stereocenters. The first-order valence-electron chi connectivity index (χ1n) is 10.4. The summed E-state index contributed by atoms with van der Waals surface area (Å²) in [5.74, 6) is -0.535. The van der Waals surface area contributed by atoms with Crippen molar-refractivity contribution in [1.82, 2.24) is 29.0 Å². The van der Waals surface area contributed by atoms with Gasteiger partial charge in [-0.2, -0.15) is 9.61 Å². The molecule has 1 aromatic carbocycles. The van der Waals surface area contributed by atoms with Gasteiger partial charge < -0.3 is 4.74 Å². The summed E-state index contributed by atoms with van der Waals surface area (Å²) in [4.78, 5) is 24.3. The second-order valence-electron chi connectivity index (χ2n) is 8.28. The fraction of sp³-hybridized carbons (Fsp3) is 0.364. The van der Waals surface area contributed by atoms with Crippen molar-refractivity contribution in [2.75, 3.05) is 13.1 Å². The van der Waals surface area contributed by atoms with Crippen LogP contribution in [0.4, 0.5) is 4.39 Å². The number of rotatable bonds is 4. The number of hydrogen-bond donors (Lipinski definition) is 0. The molecule has 4 aromatic rings. The zero-order valence-corrected chi connectivity index (χ0v) is 18.5. The Morgan fingerprint density at radius 1 is 1.09 bits per heavy atom. The van der Waals surface area contributed by atoms with Gasteiger partial charge in [-0.25, -0.2) is 19.2 Å². The molecular weight excluding hydrogens is 435 g/mol. The van der Waals surface area contributed by atoms with Crippen LogP contribution in [-0.2, 0) is 17.8 Å². The minimum absolute atomic E-state index is 0.0344. The van der Waals surface area contributed by atoms with Crippen LogP contribution in [0.1, 0.15) is 25.0 Å². The lowest BCUT2D eigenvalue weighted by Gasteiger charge is -2.35. The summed E-state index contributed by atoms with van der Waals surface area (Å²) >= 11 is 5.80. The summed E-state index contributed by atoms with van der Waals surface area (Å²) in [6.45, 7) is 6.65. The molecule has 3 aromatic heterocycles. The third kappa shape index (κ3) is 3.87. The largest absolute Gasteiger partial charge is 0.373 e. The maximum atomic E-state index is 14.0. The average Bonchev–Trinajstić information content (AvgIpc) is 3.23. The van der Waals surface area contributed by atoms with E-state index in [0.717, 1.165) is 18.7 Å². The molecule has 0 saturated carbocycles. The molecular formula is C22H22ClFN6O2. The lowest BCUT2D eigenvalue weighted by atomic mass is 10.1. The fourth-order valence-electron chi connectivity index (χ4n) is 4.37. The molecule has 5 rings (SSSR count). The number of nitrogens with zero attached hydrogens (tertiary/aromatic N) is 6. The predicted molar refractivity (Wildman–Crippen MR) is 118 cm³/mol. The highest BCUT2D eigenvalue weighted by molar-refractivity contribution is 6.30. The van der Waals surface area contributed by atoms with E-state index in [2.05, 4.69) is 33.8 Å². The molecule has 0 radical (unpaired) electrons. The highest BCUT2D eigenvalue weighted by Gasteiger charge is 2.23. The van der Waals surface area contributed by atoms with Crippen LogP contribution in [0.2, 0.25) is 5.02 Å². The number of morpholine rings is 1. The van der Waals surface area contributed by atoms with Crippen molar-refractivity contribution < 1.29 is 9.13 Å². The van der Waals surface area contributed by atoms with Crippen molar-refractivity contribution in [2.24, 2.45) is 0 Å². The van der Waals surface area contributed by atoms with E-state index in [4.69, 9.17) is 16.3 Å². The summed E-state index contributed by atoms with van der Waals surface area (Å²) in [6.07, 6.45) is 3.46. The zero-order chi connectivity index (χ0) is 22.4. The van der Waals surface area contributed by atoms with Gasteiger partial charge in [0, 0.05) is 25.8 Å². The van der Waals surface area contributed by atoms with Crippen LogP contribution in [-0.4, -0.2) is 54.3 Å². The lowest BCUT2D eigenvalue weighted by molar-refractivity contribution is -0.0705. The van der Waals surface area contributed by atoms with E-state index in [-0.39, 0.29) is 23.8 Å². The molecule has 1 saturated heterocycles. The Bertz CT molecular complexity index is 1360. The van der Waals surface area contributed by atoms with Crippen LogP contribution in [0.5, 0.6) is 0 Å². The van der Waals surface area contributed by atoms with Gasteiger partial charge in [0.1, 0.15) is 17.8 Å². The van der Waals surface area contributed by atoms with Crippen molar-refractivity contribution >= 4 is 28.3 Å². The highest BCUT2D eigenvalue weighted by Crippen LogP contribution is 2.21. The van der Waals surface area contributed by atoms with Crippen LogP contribution in [0.15, 0.2) is 41.6 Å². The van der Waals surface area contributed by atoms with Gasteiger partial charge in [0.15, 0.2) is 5.65 Å². The summed E-state index contributed by atoms with van der Waals surface area (Å²) in [6, 6.07) is 6.48. The standard InChI is InChI=1S/C22H22ClFN6O2/c1-13-8-28(9-14(2)32-13)10-16-5-17-20(25-7-16)29(22(31)30-21(17)26-12-27-30)11-15-3-4-18(23)19(24)6-15/h3-7,12-14H,8-11H2,1-2H3. The molecule has 1 fully saturated rings. The third-order valence-corrected chi connectivity index (χ3v) is 5.91. The molecule has 1 aliphatic rings. The second-order valence-corrected chi connectivity index (χ2v) is 8.69. The molecule has 0 spiro atoms. The zero-order valence-electron chi connectivity index (χ0n) is 17.7. The number of pyridine rings is 1. The summed E-state index contributed by atoms with van der Waals surface area (Å²) in [7, 11) is 0. The molecule has 0 amide bonds. The van der Waals surface area contributed by atoms with Crippen molar-refractivity contribution in [1.29, 1.82) is 0 Å². The topological polar surface area (TPSA) is 77.6 Å². The third-order valence-electron chi connectivity index (χ3n) is 5.61. The Morgan fingerprint density at radius 3 is 2.62 bits per heavy atom. The van der Waals surface area contributed by atoms with Crippen molar-refractivity contribution in [3.63, 3.8) is 0 Å². The Morgan fingerprint density at radius 2 is 1.88 bits per heavy atom. The van der Waals surface area contributed by atoms with Gasteiger partial charge in [-0.3, -0.25) is 9.47 Å². The van der Waals surface area contributed by atoms with Gasteiger partial charge in [-0.05, 0) is 43.2 Å². The van der Waals surface area contributed by atoms with Gasteiger partial charge in [-0.1, -0.05) is 17.7 Å². The van der Waals surface area contributed by atoms with E-state index in [0.29, 0.717) is 28.8 Å². The lowest BCUT2D eigenvalue weighted by Crippen LogP contribution is -2.44. The Balaban J connectivity index is 1.57. The van der Waals surface area contributed by atoms with Gasteiger partial charge in [0.25, 0.3) is 0 Å². The maximum absolute atomic E-state index is 14.0. The van der Waals surface area contributed by atoms with Crippen LogP contribution in [0.3, 0.4) is 0 Å². The van der Waals surface area contributed by atoms with E-state index in [1.807, 2.05) is 6.07 Å². The quantitative estimate of drug-likeness (QED) is 0.470. The number of hydrogen-bond acceptors (Lipinski definition) is 6. The van der Waals surface area contributed by atoms with Crippen LogP contribution >= 0.6 is 11.6 Å². The molecule has 4 heterocycles. The molecule has 8 nitrogen and oxygen atoms in total. The normalized spacial score (nSPS) is 19.8. The Labute approximate surface area is 188 Å². The summed E-state index contributed by atoms with van der Waals surface area (Å²) in [5, 5.41) is 4.84.